The van der Waals surface area contributed by atoms with Gasteiger partial charge in [-0.15, -0.1) is 0 Å². The number of aryl methyl sites for hydroxylation is 1. The molecule has 1 aliphatic rings. The van der Waals surface area contributed by atoms with E-state index in [1.54, 1.807) is 24.5 Å². The summed E-state index contributed by atoms with van der Waals surface area (Å²) in [7, 11) is 0. The molecule has 8 nitrogen and oxygen atoms in total. The Balaban J connectivity index is 0.000000264. The fraction of sp³-hybridized carbons (Fsp3) is 0.483. The van der Waals surface area contributed by atoms with Crippen molar-refractivity contribution >= 4 is 17.8 Å². The number of amides is 1. The molecule has 5 N–H and O–H groups in total. The van der Waals surface area contributed by atoms with Crippen LogP contribution in [0.3, 0.4) is 0 Å². The van der Waals surface area contributed by atoms with Gasteiger partial charge in [0.25, 0.3) is 0 Å². The number of primary amides is 1. The van der Waals surface area contributed by atoms with E-state index >= 15 is 0 Å². The minimum Gasteiger partial charge on any atom is -0.395 e. The fourth-order valence-corrected chi connectivity index (χ4v) is 3.75. The van der Waals surface area contributed by atoms with Crippen molar-refractivity contribution in [3.63, 3.8) is 0 Å². The first-order valence-corrected chi connectivity index (χ1v) is 13.0. The standard InChI is InChI=1S/C16H20N2O2.C13H21N3O/c1-12-7-8-15(20-12)11-18-9-3-5-13-4-2-6-14(10-13)16(17)19;1-3-4-5-6-7-12-11(2)15-10-16-13(12)14-8-9-17/h2,4,6,10,12,15,18H,7-9,11H2,1H3,(H2,17,19);6-7,10,17H,3-5,8-9H2,1-2H3,(H,14,15,16)/b;7-6-. The third-order valence-electron chi connectivity index (χ3n) is 5.78. The number of nitrogens with one attached hydrogen (secondary N) is 2. The van der Waals surface area contributed by atoms with E-state index in [0.717, 1.165) is 48.4 Å². The van der Waals surface area contributed by atoms with Gasteiger partial charge in [-0.1, -0.05) is 49.8 Å². The second kappa shape index (κ2) is 17.2. The molecule has 1 aliphatic heterocycles. The lowest BCUT2D eigenvalue weighted by Gasteiger charge is -2.10. The number of aromatic nitrogens is 2. The maximum absolute atomic E-state index is 11.1. The van der Waals surface area contributed by atoms with Crippen molar-refractivity contribution in [1.29, 1.82) is 0 Å². The molecule has 0 aliphatic carbocycles. The van der Waals surface area contributed by atoms with Crippen molar-refractivity contribution in [3.05, 3.63) is 59.1 Å². The van der Waals surface area contributed by atoms with Crippen molar-refractivity contribution in [1.82, 2.24) is 15.3 Å². The third-order valence-corrected chi connectivity index (χ3v) is 5.78. The first kappa shape index (κ1) is 30.0. The molecule has 200 valence electrons. The highest BCUT2D eigenvalue weighted by molar-refractivity contribution is 5.93. The lowest BCUT2D eigenvalue weighted by molar-refractivity contribution is 0.0567. The summed E-state index contributed by atoms with van der Waals surface area (Å²) in [5, 5.41) is 15.2. The lowest BCUT2D eigenvalue weighted by atomic mass is 10.1. The van der Waals surface area contributed by atoms with Crippen molar-refractivity contribution < 1.29 is 14.6 Å². The van der Waals surface area contributed by atoms with Gasteiger partial charge in [-0.05, 0) is 51.3 Å². The van der Waals surface area contributed by atoms with Crippen molar-refractivity contribution in [2.45, 2.75) is 65.1 Å². The predicted octanol–water partition coefficient (Wildman–Crippen LogP) is 3.69. The summed E-state index contributed by atoms with van der Waals surface area (Å²) >= 11 is 0. The highest BCUT2D eigenvalue weighted by Gasteiger charge is 2.20. The number of nitrogens with two attached hydrogens (primary N) is 1. The molecule has 0 spiro atoms. The van der Waals surface area contributed by atoms with E-state index < -0.39 is 5.91 Å². The zero-order chi connectivity index (χ0) is 26.9. The molecule has 1 aromatic heterocycles. The molecule has 1 amide bonds. The lowest BCUT2D eigenvalue weighted by Crippen LogP contribution is -2.27. The molecule has 1 fully saturated rings. The summed E-state index contributed by atoms with van der Waals surface area (Å²) in [5.74, 6) is 6.41. The van der Waals surface area contributed by atoms with E-state index in [9.17, 15) is 4.79 Å². The van der Waals surface area contributed by atoms with Crippen LogP contribution in [0, 0.1) is 18.8 Å². The molecular formula is C29H41N5O3. The Hall–Kier alpha value is -3.25. The Morgan fingerprint density at radius 3 is 2.86 bits per heavy atom. The van der Waals surface area contributed by atoms with Gasteiger partial charge >= 0.3 is 0 Å². The molecule has 2 atom stereocenters. The summed E-state index contributed by atoms with van der Waals surface area (Å²) in [6, 6.07) is 7.04. The van der Waals surface area contributed by atoms with Gasteiger partial charge < -0.3 is 26.2 Å². The van der Waals surface area contributed by atoms with E-state index in [-0.39, 0.29) is 6.61 Å². The first-order chi connectivity index (χ1) is 17.9. The average molecular weight is 508 g/mol. The van der Waals surface area contributed by atoms with Gasteiger partial charge in [0.2, 0.25) is 5.91 Å². The van der Waals surface area contributed by atoms with Gasteiger partial charge in [0.15, 0.2) is 0 Å². The Bertz CT molecular complexity index is 1060. The van der Waals surface area contributed by atoms with E-state index in [1.807, 2.05) is 13.0 Å². The fourth-order valence-electron chi connectivity index (χ4n) is 3.75. The van der Waals surface area contributed by atoms with Crippen molar-refractivity contribution in [3.8, 4) is 11.8 Å². The van der Waals surface area contributed by atoms with E-state index in [1.165, 1.54) is 12.8 Å². The normalized spacial score (nSPS) is 16.5. The number of rotatable bonds is 11. The SMILES string of the molecule is CC1CCC(CNCC#Cc2cccc(C(N)=O)c2)O1.CCCC/C=C\c1c(C)ncnc1NCCO. The van der Waals surface area contributed by atoms with Crippen LogP contribution in [0.2, 0.25) is 0 Å². The van der Waals surface area contributed by atoms with Crippen LogP contribution in [0.5, 0.6) is 0 Å². The van der Waals surface area contributed by atoms with Gasteiger partial charge in [0.1, 0.15) is 12.1 Å². The molecule has 1 saturated heterocycles. The number of anilines is 1. The van der Waals surface area contributed by atoms with Crippen LogP contribution in [0.1, 0.15) is 73.1 Å². The predicted molar refractivity (Wildman–Crippen MR) is 149 cm³/mol. The number of hydrogen-bond donors (Lipinski definition) is 4. The molecule has 8 heteroatoms. The number of nitrogens with zero attached hydrogens (tertiary/aromatic N) is 2. The number of hydrogen-bond acceptors (Lipinski definition) is 7. The number of allylic oxidation sites excluding steroid dienone is 1. The van der Waals surface area contributed by atoms with Crippen molar-refractivity contribution in [2.24, 2.45) is 5.73 Å². The van der Waals surface area contributed by atoms with Crippen LogP contribution >= 0.6 is 0 Å². The van der Waals surface area contributed by atoms with Crippen LogP contribution in [-0.2, 0) is 4.74 Å². The topological polar surface area (TPSA) is 122 Å². The van der Waals surface area contributed by atoms with E-state index in [2.05, 4.69) is 58.4 Å². The number of aliphatic hydroxyl groups is 1. The minimum atomic E-state index is -0.431. The monoisotopic (exact) mass is 507 g/mol. The Labute approximate surface area is 221 Å². The Kier molecular flexibility index (Phi) is 14.0. The maximum Gasteiger partial charge on any atom is 0.248 e. The highest BCUT2D eigenvalue weighted by Crippen LogP contribution is 2.18. The smallest absolute Gasteiger partial charge is 0.248 e. The molecule has 0 bridgehead atoms. The zero-order valence-electron chi connectivity index (χ0n) is 22.3. The maximum atomic E-state index is 11.1. The highest BCUT2D eigenvalue weighted by atomic mass is 16.5. The molecule has 2 unspecified atom stereocenters. The van der Waals surface area contributed by atoms with Crippen LogP contribution in [0.4, 0.5) is 5.82 Å². The van der Waals surface area contributed by atoms with Crippen LogP contribution in [-0.4, -0.2) is 59.4 Å². The molecule has 37 heavy (non-hydrogen) atoms. The number of unbranched alkanes of at least 4 members (excludes halogenated alkanes) is 2. The number of carbonyl (C=O) groups is 1. The largest absolute Gasteiger partial charge is 0.395 e. The summed E-state index contributed by atoms with van der Waals surface area (Å²) in [6.45, 7) is 8.29. The number of carbonyl (C=O) groups excluding carboxylic acids is 1. The van der Waals surface area contributed by atoms with Crippen molar-refractivity contribution in [2.75, 3.05) is 31.6 Å². The zero-order valence-corrected chi connectivity index (χ0v) is 22.3. The van der Waals surface area contributed by atoms with E-state index in [4.69, 9.17) is 15.6 Å². The Morgan fingerprint density at radius 1 is 1.32 bits per heavy atom. The van der Waals surface area contributed by atoms with Crippen LogP contribution in [0.15, 0.2) is 36.7 Å². The van der Waals surface area contributed by atoms with Crippen LogP contribution in [0.25, 0.3) is 6.08 Å². The second-order valence-corrected chi connectivity index (χ2v) is 8.94. The average Bonchev–Trinajstić information content (AvgIpc) is 3.31. The van der Waals surface area contributed by atoms with E-state index in [0.29, 0.717) is 30.9 Å². The summed E-state index contributed by atoms with van der Waals surface area (Å²) in [4.78, 5) is 19.4. The number of benzene rings is 1. The number of aliphatic hydroxyl groups excluding tert-OH is 1. The molecule has 3 rings (SSSR count). The molecule has 0 saturated carbocycles. The molecule has 1 aromatic carbocycles. The summed E-state index contributed by atoms with van der Waals surface area (Å²) in [6.07, 6.45) is 12.2. The van der Waals surface area contributed by atoms with Gasteiger partial charge in [0, 0.05) is 29.8 Å². The van der Waals surface area contributed by atoms with Crippen LogP contribution < -0.4 is 16.4 Å². The second-order valence-electron chi connectivity index (χ2n) is 8.94. The molecule has 0 radical (unpaired) electrons. The summed E-state index contributed by atoms with van der Waals surface area (Å²) < 4.78 is 5.71. The number of ether oxygens (including phenoxy) is 1. The van der Waals surface area contributed by atoms with Gasteiger partial charge in [-0.25, -0.2) is 9.97 Å². The Morgan fingerprint density at radius 2 is 2.16 bits per heavy atom. The quantitative estimate of drug-likeness (QED) is 0.270. The van der Waals surface area contributed by atoms with Gasteiger partial charge in [-0.3, -0.25) is 4.79 Å². The molecule has 2 aromatic rings. The molecular weight excluding hydrogens is 466 g/mol. The molecule has 2 heterocycles. The third kappa shape index (κ3) is 11.6. The summed E-state index contributed by atoms with van der Waals surface area (Å²) in [5.41, 5.74) is 8.47. The van der Waals surface area contributed by atoms with Gasteiger partial charge in [-0.2, -0.15) is 0 Å². The first-order valence-electron chi connectivity index (χ1n) is 13.0. The van der Waals surface area contributed by atoms with Gasteiger partial charge in [0.05, 0.1) is 31.1 Å². The minimum absolute atomic E-state index is 0.0992.